The lowest BCUT2D eigenvalue weighted by Crippen LogP contribution is -2.27. The Morgan fingerprint density at radius 3 is 2.29 bits per heavy atom. The molecular weight excluding hydrogens is 440 g/mol. The van der Waals surface area contributed by atoms with Gasteiger partial charge in [0.2, 0.25) is 15.9 Å². The van der Waals surface area contributed by atoms with Gasteiger partial charge in [-0.05, 0) is 42.8 Å². The monoisotopic (exact) mass is 464 g/mol. The van der Waals surface area contributed by atoms with Gasteiger partial charge in [-0.25, -0.2) is 13.1 Å². The minimum absolute atomic E-state index is 0.0360. The SMILES string of the molecule is CN1CCC/C1=N\S(=O)(=O)c1ccc(NC(=O)CCNS(=O)(=O)c2ccccc2)cc1. The van der Waals surface area contributed by atoms with Crippen LogP contribution in [-0.4, -0.2) is 53.6 Å². The van der Waals surface area contributed by atoms with Crippen LogP contribution in [0.1, 0.15) is 19.3 Å². The van der Waals surface area contributed by atoms with Gasteiger partial charge in [0, 0.05) is 38.7 Å². The van der Waals surface area contributed by atoms with Crippen molar-refractivity contribution in [1.82, 2.24) is 9.62 Å². The van der Waals surface area contributed by atoms with Crippen LogP contribution in [0.2, 0.25) is 0 Å². The zero-order chi connectivity index (χ0) is 22.5. The van der Waals surface area contributed by atoms with Crippen molar-refractivity contribution in [2.45, 2.75) is 29.1 Å². The number of benzene rings is 2. The molecular formula is C20H24N4O5S2. The molecule has 0 bridgehead atoms. The number of sulfonamides is 2. The van der Waals surface area contributed by atoms with E-state index in [1.807, 2.05) is 4.90 Å². The van der Waals surface area contributed by atoms with Gasteiger partial charge >= 0.3 is 0 Å². The fourth-order valence-electron chi connectivity index (χ4n) is 3.02. The lowest BCUT2D eigenvalue weighted by Gasteiger charge is -2.11. The normalized spacial score (nSPS) is 15.9. The maximum absolute atomic E-state index is 12.5. The fourth-order valence-corrected chi connectivity index (χ4v) is 5.16. The van der Waals surface area contributed by atoms with Gasteiger partial charge in [0.15, 0.2) is 0 Å². The van der Waals surface area contributed by atoms with Crippen LogP contribution >= 0.6 is 0 Å². The molecule has 1 heterocycles. The molecule has 0 saturated carbocycles. The van der Waals surface area contributed by atoms with Gasteiger partial charge in [-0.2, -0.15) is 8.42 Å². The van der Waals surface area contributed by atoms with E-state index in [9.17, 15) is 21.6 Å². The Morgan fingerprint density at radius 2 is 1.68 bits per heavy atom. The van der Waals surface area contributed by atoms with Crippen LogP contribution in [0.15, 0.2) is 68.8 Å². The molecule has 1 aliphatic rings. The van der Waals surface area contributed by atoms with E-state index >= 15 is 0 Å². The highest BCUT2D eigenvalue weighted by Crippen LogP contribution is 2.19. The highest BCUT2D eigenvalue weighted by molar-refractivity contribution is 7.90. The molecule has 2 aromatic rings. The molecule has 1 amide bonds. The number of hydrogen-bond acceptors (Lipinski definition) is 5. The fraction of sp³-hybridized carbons (Fsp3) is 0.300. The van der Waals surface area contributed by atoms with E-state index in [0.717, 1.165) is 13.0 Å². The molecule has 9 nitrogen and oxygen atoms in total. The summed E-state index contributed by atoms with van der Waals surface area (Å²) in [5, 5.41) is 2.61. The van der Waals surface area contributed by atoms with Gasteiger partial charge in [0.1, 0.15) is 5.84 Å². The van der Waals surface area contributed by atoms with Crippen LogP contribution in [-0.2, 0) is 24.8 Å². The number of hydrogen-bond donors (Lipinski definition) is 2. The van der Waals surface area contributed by atoms with Crippen molar-refractivity contribution in [3.63, 3.8) is 0 Å². The summed E-state index contributed by atoms with van der Waals surface area (Å²) in [5.74, 6) is 0.134. The number of nitrogens with one attached hydrogen (secondary N) is 2. The quantitative estimate of drug-likeness (QED) is 0.614. The average Bonchev–Trinajstić information content (AvgIpc) is 3.12. The van der Waals surface area contributed by atoms with E-state index in [-0.39, 0.29) is 22.8 Å². The van der Waals surface area contributed by atoms with Crippen LogP contribution in [0.5, 0.6) is 0 Å². The van der Waals surface area contributed by atoms with Crippen LogP contribution < -0.4 is 10.0 Å². The van der Waals surface area contributed by atoms with E-state index < -0.39 is 26.0 Å². The molecule has 0 aliphatic carbocycles. The van der Waals surface area contributed by atoms with Gasteiger partial charge in [-0.1, -0.05) is 18.2 Å². The van der Waals surface area contributed by atoms with Gasteiger partial charge in [0.25, 0.3) is 10.0 Å². The maximum Gasteiger partial charge on any atom is 0.283 e. The summed E-state index contributed by atoms with van der Waals surface area (Å²) < 4.78 is 55.4. The lowest BCUT2D eigenvalue weighted by molar-refractivity contribution is -0.116. The predicted octanol–water partition coefficient (Wildman–Crippen LogP) is 1.81. The molecule has 1 fully saturated rings. The Hall–Kier alpha value is -2.76. The molecule has 31 heavy (non-hydrogen) atoms. The minimum Gasteiger partial charge on any atom is -0.362 e. The topological polar surface area (TPSA) is 125 Å². The zero-order valence-electron chi connectivity index (χ0n) is 17.0. The van der Waals surface area contributed by atoms with E-state index in [0.29, 0.717) is 17.9 Å². The van der Waals surface area contributed by atoms with E-state index in [1.54, 1.807) is 25.2 Å². The molecule has 11 heteroatoms. The molecule has 166 valence electrons. The van der Waals surface area contributed by atoms with Crippen LogP contribution in [0, 0.1) is 0 Å². The van der Waals surface area contributed by atoms with Crippen molar-refractivity contribution in [3.8, 4) is 0 Å². The first-order valence-electron chi connectivity index (χ1n) is 9.67. The Balaban J connectivity index is 1.54. The number of amides is 1. The minimum atomic E-state index is -3.82. The summed E-state index contributed by atoms with van der Waals surface area (Å²) >= 11 is 0. The van der Waals surface area contributed by atoms with Crippen molar-refractivity contribution in [2.24, 2.45) is 4.40 Å². The molecule has 2 aromatic carbocycles. The number of nitrogens with zero attached hydrogens (tertiary/aromatic N) is 2. The van der Waals surface area contributed by atoms with E-state index in [1.165, 1.54) is 36.4 Å². The van der Waals surface area contributed by atoms with Gasteiger partial charge in [-0.3, -0.25) is 4.79 Å². The second-order valence-corrected chi connectivity index (χ2v) is 10.4. The number of anilines is 1. The summed E-state index contributed by atoms with van der Waals surface area (Å²) in [6.45, 7) is 0.710. The maximum atomic E-state index is 12.5. The summed E-state index contributed by atoms with van der Waals surface area (Å²) in [6, 6.07) is 13.6. The first-order chi connectivity index (χ1) is 14.7. The van der Waals surface area contributed by atoms with E-state index in [2.05, 4.69) is 14.4 Å². The van der Waals surface area contributed by atoms with E-state index in [4.69, 9.17) is 0 Å². The molecule has 0 aromatic heterocycles. The third-order valence-electron chi connectivity index (χ3n) is 4.69. The molecule has 0 atom stereocenters. The van der Waals surface area contributed by atoms with Crippen molar-refractivity contribution < 1.29 is 21.6 Å². The standard InChI is InChI=1S/C20H24N4O5S2/c1-24-15-5-8-19(24)23-31(28,29)18-11-9-16(10-12-18)22-20(25)13-14-21-30(26,27)17-6-3-2-4-7-17/h2-4,6-7,9-12,21H,5,8,13-15H2,1H3,(H,22,25)/b23-19+. The second-order valence-electron chi connectivity index (χ2n) is 7.04. The third-order valence-corrected chi connectivity index (χ3v) is 7.49. The molecule has 1 saturated heterocycles. The zero-order valence-corrected chi connectivity index (χ0v) is 18.6. The van der Waals surface area contributed by atoms with Crippen molar-refractivity contribution >= 4 is 37.5 Å². The number of carbonyl (C=O) groups is 1. The van der Waals surface area contributed by atoms with Crippen molar-refractivity contribution in [3.05, 3.63) is 54.6 Å². The summed E-state index contributed by atoms with van der Waals surface area (Å²) in [4.78, 5) is 14.1. The number of rotatable bonds is 8. The lowest BCUT2D eigenvalue weighted by atomic mass is 10.3. The van der Waals surface area contributed by atoms with Crippen LogP contribution in [0.25, 0.3) is 0 Å². The smallest absolute Gasteiger partial charge is 0.283 e. The largest absolute Gasteiger partial charge is 0.362 e. The molecule has 0 radical (unpaired) electrons. The summed E-state index contributed by atoms with van der Waals surface area (Å²) in [5.41, 5.74) is 0.403. The summed E-state index contributed by atoms with van der Waals surface area (Å²) in [6.07, 6.45) is 1.42. The molecule has 3 rings (SSSR count). The third kappa shape index (κ3) is 6.12. The Kier molecular flexibility index (Phi) is 7.08. The first-order valence-corrected chi connectivity index (χ1v) is 12.6. The Labute approximate surface area is 182 Å². The molecule has 0 spiro atoms. The molecule has 1 aliphatic heterocycles. The Bertz CT molecular complexity index is 1160. The van der Waals surface area contributed by atoms with Crippen LogP contribution in [0.3, 0.4) is 0 Å². The summed E-state index contributed by atoms with van der Waals surface area (Å²) in [7, 11) is -5.69. The number of carbonyl (C=O) groups excluding carboxylic acids is 1. The number of likely N-dealkylation sites (tertiary alicyclic amines) is 1. The van der Waals surface area contributed by atoms with Gasteiger partial charge < -0.3 is 10.2 Å². The highest BCUT2D eigenvalue weighted by atomic mass is 32.2. The molecule has 0 unspecified atom stereocenters. The Morgan fingerprint density at radius 1 is 1.00 bits per heavy atom. The molecule has 2 N–H and O–H groups in total. The highest BCUT2D eigenvalue weighted by Gasteiger charge is 2.20. The predicted molar refractivity (Wildman–Crippen MR) is 118 cm³/mol. The number of amidine groups is 1. The van der Waals surface area contributed by atoms with Crippen molar-refractivity contribution in [1.29, 1.82) is 0 Å². The van der Waals surface area contributed by atoms with Gasteiger partial charge in [-0.15, -0.1) is 4.40 Å². The van der Waals surface area contributed by atoms with Crippen LogP contribution in [0.4, 0.5) is 5.69 Å². The second kappa shape index (κ2) is 9.58. The average molecular weight is 465 g/mol. The van der Waals surface area contributed by atoms with Crippen molar-refractivity contribution in [2.75, 3.05) is 25.5 Å². The van der Waals surface area contributed by atoms with Gasteiger partial charge in [0.05, 0.1) is 9.79 Å². The first kappa shape index (κ1) is 22.9.